The van der Waals surface area contributed by atoms with E-state index in [4.69, 9.17) is 0 Å². The van der Waals surface area contributed by atoms with Crippen LogP contribution in [0.3, 0.4) is 0 Å². The van der Waals surface area contributed by atoms with Gasteiger partial charge in [0.1, 0.15) is 0 Å². The number of anilines is 6. The first kappa shape index (κ1) is 36.5. The molecular formula is C49H44BF3N2S. The lowest BCUT2D eigenvalue weighted by Crippen LogP contribution is -2.61. The second-order valence-electron chi connectivity index (χ2n) is 17.5. The van der Waals surface area contributed by atoms with Gasteiger partial charge in [-0.25, -0.2) is 0 Å². The van der Waals surface area contributed by atoms with Crippen molar-refractivity contribution in [1.29, 1.82) is 0 Å². The molecule has 0 saturated heterocycles. The minimum atomic E-state index is -4.49. The first-order valence-corrected chi connectivity index (χ1v) is 20.1. The molecule has 56 heavy (non-hydrogen) atoms. The van der Waals surface area contributed by atoms with Gasteiger partial charge in [0, 0.05) is 49.8 Å². The van der Waals surface area contributed by atoms with Crippen molar-refractivity contribution in [3.8, 4) is 0 Å². The molecule has 0 aliphatic carbocycles. The second-order valence-corrected chi connectivity index (χ2v) is 18.6. The molecule has 0 saturated carbocycles. The third-order valence-corrected chi connectivity index (χ3v) is 12.4. The smallest absolute Gasteiger partial charge is 0.311 e. The Kier molecular flexibility index (Phi) is 8.27. The largest absolute Gasteiger partial charge is 0.446 e. The van der Waals surface area contributed by atoms with Crippen LogP contribution in [0.5, 0.6) is 0 Å². The van der Waals surface area contributed by atoms with Crippen LogP contribution < -0.4 is 26.2 Å². The summed E-state index contributed by atoms with van der Waals surface area (Å²) < 4.78 is 43.9. The van der Waals surface area contributed by atoms with Gasteiger partial charge in [-0.1, -0.05) is 126 Å². The molecule has 7 heteroatoms. The van der Waals surface area contributed by atoms with Crippen molar-refractivity contribution in [3.05, 3.63) is 144 Å². The van der Waals surface area contributed by atoms with E-state index in [-0.39, 0.29) is 34.2 Å². The number of thioether (sulfide) groups is 1. The molecule has 280 valence electrons. The molecule has 0 amide bonds. The van der Waals surface area contributed by atoms with E-state index in [9.17, 15) is 13.2 Å². The van der Waals surface area contributed by atoms with E-state index in [0.717, 1.165) is 94.3 Å². The van der Waals surface area contributed by atoms with Gasteiger partial charge >= 0.3 is 5.51 Å². The lowest BCUT2D eigenvalue weighted by atomic mass is 9.33. The standard InChI is InChI=1S/C49H44BF3N2S/c1-29-13-9-19-38-36(29)21-23-40-45(38)54(33-17-11-15-31(25-33)47(3,4)5)42-27-35(56-49(51,52)53)28-43-44(42)50(40)41-24-22-37-30(2)14-10-20-39(37)46(41)55(43)34-18-12-16-32(26-34)48(6,7)8/h9-28H,1-8H3. The Morgan fingerprint density at radius 1 is 0.500 bits per heavy atom. The quantitative estimate of drug-likeness (QED) is 0.131. The van der Waals surface area contributed by atoms with E-state index in [0.29, 0.717) is 0 Å². The first-order chi connectivity index (χ1) is 26.5. The molecule has 0 radical (unpaired) electrons. The van der Waals surface area contributed by atoms with Crippen molar-refractivity contribution in [2.24, 2.45) is 0 Å². The van der Waals surface area contributed by atoms with E-state index < -0.39 is 5.51 Å². The maximum absolute atomic E-state index is 14.6. The number of hydrogen-bond acceptors (Lipinski definition) is 3. The summed E-state index contributed by atoms with van der Waals surface area (Å²) >= 11 is -0.0409. The first-order valence-electron chi connectivity index (χ1n) is 19.3. The summed E-state index contributed by atoms with van der Waals surface area (Å²) in [6.07, 6.45) is 0. The molecule has 0 aromatic heterocycles. The summed E-state index contributed by atoms with van der Waals surface area (Å²) in [5.41, 5.74) is 8.46. The molecule has 2 aliphatic rings. The molecule has 0 unspecified atom stereocenters. The Morgan fingerprint density at radius 2 is 0.929 bits per heavy atom. The number of hydrogen-bond donors (Lipinski definition) is 0. The van der Waals surface area contributed by atoms with Gasteiger partial charge in [0.2, 0.25) is 0 Å². The van der Waals surface area contributed by atoms with Crippen molar-refractivity contribution < 1.29 is 13.2 Å². The molecule has 0 N–H and O–H groups in total. The summed E-state index contributed by atoms with van der Waals surface area (Å²) in [4.78, 5) is 4.66. The normalized spacial score (nSPS) is 13.9. The zero-order valence-electron chi connectivity index (χ0n) is 33.1. The summed E-state index contributed by atoms with van der Waals surface area (Å²) in [5, 5.41) is 4.39. The Morgan fingerprint density at radius 3 is 1.34 bits per heavy atom. The van der Waals surface area contributed by atoms with Gasteiger partial charge in [-0.2, -0.15) is 13.2 Å². The SMILES string of the molecule is Cc1cccc2c3c(ccc12)B1c2ccc4c(C)cccc4c2N(c2cccc(C(C)(C)C)c2)c2cc(SC(F)(F)F)cc(c21)N3c1cccc(C(C)(C)C)c1. The lowest BCUT2D eigenvalue weighted by Gasteiger charge is -2.45. The van der Waals surface area contributed by atoms with Crippen LogP contribution in [0, 0.1) is 13.8 Å². The van der Waals surface area contributed by atoms with Gasteiger partial charge < -0.3 is 9.80 Å². The van der Waals surface area contributed by atoms with Gasteiger partial charge in [-0.15, -0.1) is 0 Å². The minimum Gasteiger partial charge on any atom is -0.311 e. The number of benzene rings is 7. The van der Waals surface area contributed by atoms with Crippen LogP contribution in [0.1, 0.15) is 63.8 Å². The van der Waals surface area contributed by atoms with Crippen LogP contribution in [-0.4, -0.2) is 12.2 Å². The van der Waals surface area contributed by atoms with Crippen LogP contribution in [0.15, 0.2) is 126 Å². The van der Waals surface area contributed by atoms with E-state index in [1.54, 1.807) is 12.1 Å². The van der Waals surface area contributed by atoms with Gasteiger partial charge in [-0.3, -0.25) is 0 Å². The van der Waals surface area contributed by atoms with Gasteiger partial charge in [0.15, 0.2) is 0 Å². The molecule has 7 aromatic rings. The Balaban J connectivity index is 1.47. The fourth-order valence-electron chi connectivity index (χ4n) is 8.93. The van der Waals surface area contributed by atoms with Crippen LogP contribution >= 0.6 is 11.8 Å². The van der Waals surface area contributed by atoms with Crippen molar-refractivity contribution in [3.63, 3.8) is 0 Å². The Bertz CT molecular complexity index is 2560. The van der Waals surface area contributed by atoms with Crippen LogP contribution in [-0.2, 0) is 10.8 Å². The molecule has 0 bridgehead atoms. The third-order valence-electron chi connectivity index (χ3n) is 11.7. The maximum atomic E-state index is 14.6. The molecule has 0 atom stereocenters. The number of fused-ring (bicyclic) bond motifs is 8. The number of alkyl halides is 3. The van der Waals surface area contributed by atoms with Crippen LogP contribution in [0.25, 0.3) is 21.5 Å². The highest BCUT2D eigenvalue weighted by Gasteiger charge is 2.45. The van der Waals surface area contributed by atoms with Gasteiger partial charge in [0.25, 0.3) is 6.71 Å². The zero-order chi connectivity index (χ0) is 39.5. The highest BCUT2D eigenvalue weighted by molar-refractivity contribution is 8.00. The van der Waals surface area contributed by atoms with Crippen molar-refractivity contribution in [1.82, 2.24) is 0 Å². The van der Waals surface area contributed by atoms with Gasteiger partial charge in [-0.05, 0) is 122 Å². The predicted molar refractivity (Wildman–Crippen MR) is 234 cm³/mol. The average molecular weight is 761 g/mol. The van der Waals surface area contributed by atoms with Crippen LogP contribution in [0.4, 0.5) is 47.3 Å². The topological polar surface area (TPSA) is 6.48 Å². The highest BCUT2D eigenvalue weighted by Crippen LogP contribution is 2.51. The predicted octanol–water partition coefficient (Wildman–Crippen LogP) is 12.9. The highest BCUT2D eigenvalue weighted by atomic mass is 32.2. The summed E-state index contributed by atoms with van der Waals surface area (Å²) in [5.74, 6) is 0. The molecule has 2 aliphatic heterocycles. The van der Waals surface area contributed by atoms with Crippen molar-refractivity contribution in [2.45, 2.75) is 76.6 Å². The van der Waals surface area contributed by atoms with E-state index in [1.807, 2.05) is 0 Å². The maximum Gasteiger partial charge on any atom is 0.446 e. The Hall–Kier alpha value is -5.14. The number of aryl methyl sites for hydroxylation is 2. The summed E-state index contributed by atoms with van der Waals surface area (Å²) in [7, 11) is 0. The van der Waals surface area contributed by atoms with E-state index in [2.05, 4.69) is 174 Å². The zero-order valence-corrected chi connectivity index (χ0v) is 33.9. The minimum absolute atomic E-state index is 0.0409. The lowest BCUT2D eigenvalue weighted by molar-refractivity contribution is -0.0328. The van der Waals surface area contributed by atoms with E-state index in [1.165, 1.54) is 0 Å². The third kappa shape index (κ3) is 5.89. The molecule has 9 rings (SSSR count). The Labute approximate surface area is 332 Å². The molecular weight excluding hydrogens is 716 g/mol. The van der Waals surface area contributed by atoms with Crippen molar-refractivity contribution in [2.75, 3.05) is 9.80 Å². The second kappa shape index (κ2) is 12.7. The molecule has 2 heterocycles. The fraction of sp³-hybridized carbons (Fsp3) is 0.224. The van der Waals surface area contributed by atoms with Crippen LogP contribution in [0.2, 0.25) is 0 Å². The molecule has 0 fully saturated rings. The van der Waals surface area contributed by atoms with Crippen molar-refractivity contribution >= 4 is 90.5 Å². The van der Waals surface area contributed by atoms with E-state index >= 15 is 0 Å². The molecule has 0 spiro atoms. The summed E-state index contributed by atoms with van der Waals surface area (Å²) in [6.45, 7) is 17.2. The fourth-order valence-corrected chi connectivity index (χ4v) is 9.54. The average Bonchev–Trinajstić information content (AvgIpc) is 3.13. The molecule has 7 aromatic carbocycles. The number of nitrogens with zero attached hydrogens (tertiary/aromatic N) is 2. The summed E-state index contributed by atoms with van der Waals surface area (Å²) in [6, 6.07) is 42.4. The number of rotatable bonds is 3. The number of halogens is 3. The monoisotopic (exact) mass is 760 g/mol. The van der Waals surface area contributed by atoms with Gasteiger partial charge in [0.05, 0.1) is 0 Å². The molecule has 2 nitrogen and oxygen atoms in total.